The molecule has 0 fully saturated rings. The van der Waals surface area contributed by atoms with Gasteiger partial charge < -0.3 is 10.0 Å². The minimum atomic E-state index is -1.37. The summed E-state index contributed by atoms with van der Waals surface area (Å²) < 4.78 is 0. The second-order valence-electron chi connectivity index (χ2n) is 2.50. The Morgan fingerprint density at radius 1 is 1.50 bits per heavy atom. The molecule has 2 nitrogen and oxygen atoms in total. The molecule has 0 saturated heterocycles. The van der Waals surface area contributed by atoms with Gasteiger partial charge in [0.1, 0.15) is 0 Å². The standard InChI is InChI=1S/C9H15BO2/c1-3-5-9(6-4-2)7-8-10(11)12/h3,5,7-8,11-12H,1,4,6H2,2H3/b8-7+,9-5+. The van der Waals surface area contributed by atoms with Crippen LogP contribution in [0.5, 0.6) is 0 Å². The van der Waals surface area contributed by atoms with Gasteiger partial charge in [-0.2, -0.15) is 0 Å². The second-order valence-corrected chi connectivity index (χ2v) is 2.50. The van der Waals surface area contributed by atoms with E-state index in [9.17, 15) is 0 Å². The summed E-state index contributed by atoms with van der Waals surface area (Å²) in [6.45, 7) is 5.64. The van der Waals surface area contributed by atoms with Crippen LogP contribution in [0.3, 0.4) is 0 Å². The lowest BCUT2D eigenvalue weighted by molar-refractivity contribution is 0.424. The highest BCUT2D eigenvalue weighted by Gasteiger charge is 1.98. The van der Waals surface area contributed by atoms with E-state index in [1.54, 1.807) is 12.2 Å². The van der Waals surface area contributed by atoms with Crippen LogP contribution < -0.4 is 0 Å². The fraction of sp³-hybridized carbons (Fsp3) is 0.333. The molecule has 0 heterocycles. The van der Waals surface area contributed by atoms with Gasteiger partial charge in [-0.15, -0.1) is 0 Å². The predicted molar refractivity (Wildman–Crippen MR) is 52.5 cm³/mol. The summed E-state index contributed by atoms with van der Waals surface area (Å²) in [5.74, 6) is 1.34. The Morgan fingerprint density at radius 2 is 2.17 bits per heavy atom. The summed E-state index contributed by atoms with van der Waals surface area (Å²) in [7, 11) is -1.37. The molecule has 0 spiro atoms. The maximum Gasteiger partial charge on any atom is 0.480 e. The molecule has 0 amide bonds. The molecule has 0 rings (SSSR count). The topological polar surface area (TPSA) is 40.5 Å². The number of rotatable bonds is 5. The van der Waals surface area contributed by atoms with Gasteiger partial charge >= 0.3 is 7.12 Å². The summed E-state index contributed by atoms with van der Waals surface area (Å²) in [5.41, 5.74) is 1.06. The molecule has 0 aliphatic heterocycles. The van der Waals surface area contributed by atoms with Crippen molar-refractivity contribution >= 4 is 7.12 Å². The highest BCUT2D eigenvalue weighted by atomic mass is 16.4. The third-order valence-corrected chi connectivity index (χ3v) is 1.35. The van der Waals surface area contributed by atoms with E-state index >= 15 is 0 Å². The summed E-state index contributed by atoms with van der Waals surface area (Å²) in [6, 6.07) is 0. The monoisotopic (exact) mass is 166 g/mol. The maximum atomic E-state index is 8.55. The fourth-order valence-electron chi connectivity index (χ4n) is 0.872. The van der Waals surface area contributed by atoms with Crippen LogP contribution in [0, 0.1) is 0 Å². The van der Waals surface area contributed by atoms with Crippen LogP contribution in [0.2, 0.25) is 0 Å². The van der Waals surface area contributed by atoms with Gasteiger partial charge in [0.05, 0.1) is 0 Å². The molecule has 2 N–H and O–H groups in total. The lowest BCUT2D eigenvalue weighted by Gasteiger charge is -1.96. The zero-order valence-electron chi connectivity index (χ0n) is 7.40. The van der Waals surface area contributed by atoms with E-state index < -0.39 is 7.12 Å². The van der Waals surface area contributed by atoms with Crippen molar-refractivity contribution in [3.8, 4) is 0 Å². The van der Waals surface area contributed by atoms with Crippen LogP contribution in [0.15, 0.2) is 36.4 Å². The zero-order valence-corrected chi connectivity index (χ0v) is 7.40. The highest BCUT2D eigenvalue weighted by molar-refractivity contribution is 6.47. The van der Waals surface area contributed by atoms with Crippen molar-refractivity contribution in [3.63, 3.8) is 0 Å². The molecule has 0 aliphatic rings. The predicted octanol–water partition coefficient (Wildman–Crippen LogP) is 1.47. The molecule has 3 heteroatoms. The van der Waals surface area contributed by atoms with E-state index in [-0.39, 0.29) is 0 Å². The third-order valence-electron chi connectivity index (χ3n) is 1.35. The van der Waals surface area contributed by atoms with E-state index in [4.69, 9.17) is 10.0 Å². The lowest BCUT2D eigenvalue weighted by Crippen LogP contribution is -2.05. The van der Waals surface area contributed by atoms with Crippen LogP contribution >= 0.6 is 0 Å². The first-order chi connectivity index (χ1) is 5.70. The molecular formula is C9H15BO2. The Kier molecular flexibility index (Phi) is 6.43. The van der Waals surface area contributed by atoms with Crippen molar-refractivity contribution in [1.82, 2.24) is 0 Å². The second kappa shape index (κ2) is 6.89. The van der Waals surface area contributed by atoms with E-state index in [1.165, 1.54) is 5.98 Å². The SMILES string of the molecule is C=C/C=C(/C=C/B(O)O)CCC. The molecule has 66 valence electrons. The van der Waals surface area contributed by atoms with Crippen molar-refractivity contribution in [2.75, 3.05) is 0 Å². The van der Waals surface area contributed by atoms with Gasteiger partial charge in [-0.25, -0.2) is 0 Å². The average molecular weight is 166 g/mol. The third kappa shape index (κ3) is 5.95. The molecule has 0 radical (unpaired) electrons. The molecule has 0 aromatic carbocycles. The molecule has 12 heavy (non-hydrogen) atoms. The summed E-state index contributed by atoms with van der Waals surface area (Å²) >= 11 is 0. The Bertz CT molecular complexity index is 183. The Hall–Kier alpha value is -0.795. The summed E-state index contributed by atoms with van der Waals surface area (Å²) in [6.07, 6.45) is 7.22. The van der Waals surface area contributed by atoms with Crippen molar-refractivity contribution in [1.29, 1.82) is 0 Å². The van der Waals surface area contributed by atoms with Crippen molar-refractivity contribution in [2.24, 2.45) is 0 Å². The van der Waals surface area contributed by atoms with E-state index in [0.717, 1.165) is 18.4 Å². The van der Waals surface area contributed by atoms with Gasteiger partial charge in [0.15, 0.2) is 0 Å². The van der Waals surface area contributed by atoms with Crippen molar-refractivity contribution in [3.05, 3.63) is 36.4 Å². The van der Waals surface area contributed by atoms with Gasteiger partial charge in [0.25, 0.3) is 0 Å². The first kappa shape index (κ1) is 11.2. The minimum Gasteiger partial charge on any atom is -0.424 e. The molecule has 0 bridgehead atoms. The van der Waals surface area contributed by atoms with Gasteiger partial charge in [0, 0.05) is 0 Å². The van der Waals surface area contributed by atoms with Crippen molar-refractivity contribution < 1.29 is 10.0 Å². The number of hydrogen-bond donors (Lipinski definition) is 2. The minimum absolute atomic E-state index is 0.926. The van der Waals surface area contributed by atoms with Crippen LogP contribution in [0.4, 0.5) is 0 Å². The first-order valence-corrected chi connectivity index (χ1v) is 4.06. The van der Waals surface area contributed by atoms with Gasteiger partial charge in [-0.05, 0) is 12.0 Å². The molecule has 0 unspecified atom stereocenters. The van der Waals surface area contributed by atoms with Gasteiger partial charge in [0.2, 0.25) is 0 Å². The first-order valence-electron chi connectivity index (χ1n) is 4.06. The van der Waals surface area contributed by atoms with Crippen LogP contribution in [-0.4, -0.2) is 17.2 Å². The molecular weight excluding hydrogens is 151 g/mol. The normalized spacial score (nSPS) is 12.1. The molecule has 0 aromatic heterocycles. The summed E-state index contributed by atoms with van der Waals surface area (Å²) in [4.78, 5) is 0. The Morgan fingerprint density at radius 3 is 2.58 bits per heavy atom. The molecule has 0 saturated carbocycles. The van der Waals surface area contributed by atoms with Crippen LogP contribution in [0.1, 0.15) is 19.8 Å². The molecule has 0 aliphatic carbocycles. The average Bonchev–Trinajstić information content (AvgIpc) is 2.01. The quantitative estimate of drug-likeness (QED) is 0.479. The highest BCUT2D eigenvalue weighted by Crippen LogP contribution is 2.06. The number of allylic oxidation sites excluding steroid dienone is 4. The van der Waals surface area contributed by atoms with Gasteiger partial charge in [-0.3, -0.25) is 0 Å². The maximum absolute atomic E-state index is 8.55. The summed E-state index contributed by atoms with van der Waals surface area (Å²) in [5, 5.41) is 17.1. The van der Waals surface area contributed by atoms with E-state index in [0.29, 0.717) is 0 Å². The lowest BCUT2D eigenvalue weighted by atomic mass is 9.90. The Labute approximate surface area is 74.1 Å². The van der Waals surface area contributed by atoms with Gasteiger partial charge in [-0.1, -0.05) is 44.1 Å². The molecule has 0 aromatic rings. The zero-order chi connectivity index (χ0) is 9.40. The fourth-order valence-corrected chi connectivity index (χ4v) is 0.872. The number of hydrogen-bond acceptors (Lipinski definition) is 2. The molecule has 0 atom stereocenters. The van der Waals surface area contributed by atoms with E-state index in [1.807, 2.05) is 6.08 Å². The smallest absolute Gasteiger partial charge is 0.424 e. The largest absolute Gasteiger partial charge is 0.480 e. The van der Waals surface area contributed by atoms with Crippen molar-refractivity contribution in [2.45, 2.75) is 19.8 Å². The Balaban J connectivity index is 4.12. The van der Waals surface area contributed by atoms with Crippen LogP contribution in [0.25, 0.3) is 0 Å². The van der Waals surface area contributed by atoms with Crippen LogP contribution in [-0.2, 0) is 0 Å². The van der Waals surface area contributed by atoms with E-state index in [2.05, 4.69) is 13.5 Å².